The average Bonchev–Trinajstić information content (AvgIpc) is 2.36. The summed E-state index contributed by atoms with van der Waals surface area (Å²) < 4.78 is 5.25. The van der Waals surface area contributed by atoms with Crippen LogP contribution in [-0.4, -0.2) is 18.4 Å². The van der Waals surface area contributed by atoms with E-state index >= 15 is 0 Å². The predicted molar refractivity (Wildman–Crippen MR) is 61.7 cm³/mol. The Morgan fingerprint density at radius 3 is 2.88 bits per heavy atom. The van der Waals surface area contributed by atoms with Crippen LogP contribution < -0.4 is 0 Å². The third-order valence-electron chi connectivity index (χ3n) is 3.23. The standard InChI is InChI=1S/C13H17NO2/c1-9(16-2)13-11(8-15)7-10-5-3-4-6-12(10)14-13/h7-9H,3-6H2,1-2H3. The minimum Gasteiger partial charge on any atom is -0.375 e. The van der Waals surface area contributed by atoms with Gasteiger partial charge in [-0.3, -0.25) is 9.78 Å². The Morgan fingerprint density at radius 1 is 1.44 bits per heavy atom. The molecule has 3 nitrogen and oxygen atoms in total. The van der Waals surface area contributed by atoms with E-state index in [2.05, 4.69) is 4.98 Å². The van der Waals surface area contributed by atoms with Crippen molar-refractivity contribution < 1.29 is 9.53 Å². The summed E-state index contributed by atoms with van der Waals surface area (Å²) >= 11 is 0. The van der Waals surface area contributed by atoms with Crippen LogP contribution in [0.2, 0.25) is 0 Å². The highest BCUT2D eigenvalue weighted by Gasteiger charge is 2.17. The SMILES string of the molecule is COC(C)c1nc2c(cc1C=O)CCCC2. The molecule has 1 atom stereocenters. The second kappa shape index (κ2) is 4.74. The third kappa shape index (κ3) is 2.00. The maximum absolute atomic E-state index is 11.0. The normalized spacial score (nSPS) is 16.6. The molecule has 0 aromatic carbocycles. The van der Waals surface area contributed by atoms with Gasteiger partial charge in [-0.2, -0.15) is 0 Å². The van der Waals surface area contributed by atoms with Gasteiger partial charge in [0.15, 0.2) is 6.29 Å². The Kier molecular flexibility index (Phi) is 3.34. The number of pyridine rings is 1. The van der Waals surface area contributed by atoms with Gasteiger partial charge in [-0.15, -0.1) is 0 Å². The number of methoxy groups -OCH3 is 1. The Bertz CT molecular complexity index is 401. The smallest absolute Gasteiger partial charge is 0.151 e. The fraction of sp³-hybridized carbons (Fsp3) is 0.538. The molecule has 2 rings (SSSR count). The Labute approximate surface area is 95.8 Å². The molecule has 0 bridgehead atoms. The molecule has 0 radical (unpaired) electrons. The maximum atomic E-state index is 11.0. The van der Waals surface area contributed by atoms with Crippen molar-refractivity contribution >= 4 is 6.29 Å². The summed E-state index contributed by atoms with van der Waals surface area (Å²) in [5.41, 5.74) is 3.84. The lowest BCUT2D eigenvalue weighted by molar-refractivity contribution is 0.107. The molecule has 16 heavy (non-hydrogen) atoms. The first-order chi connectivity index (χ1) is 7.76. The Balaban J connectivity index is 2.47. The van der Waals surface area contributed by atoms with Gasteiger partial charge >= 0.3 is 0 Å². The van der Waals surface area contributed by atoms with E-state index in [9.17, 15) is 4.79 Å². The summed E-state index contributed by atoms with van der Waals surface area (Å²) in [5.74, 6) is 0. The first kappa shape index (κ1) is 11.3. The van der Waals surface area contributed by atoms with Crippen LogP contribution >= 0.6 is 0 Å². The summed E-state index contributed by atoms with van der Waals surface area (Å²) in [6.07, 6.45) is 5.23. The van der Waals surface area contributed by atoms with Crippen LogP contribution in [0.5, 0.6) is 0 Å². The molecule has 1 aromatic heterocycles. The number of aromatic nitrogens is 1. The largest absolute Gasteiger partial charge is 0.375 e. The maximum Gasteiger partial charge on any atom is 0.151 e. The summed E-state index contributed by atoms with van der Waals surface area (Å²) in [4.78, 5) is 15.6. The molecular weight excluding hydrogens is 202 g/mol. The van der Waals surface area contributed by atoms with Gasteiger partial charge < -0.3 is 4.74 Å². The molecule has 1 unspecified atom stereocenters. The lowest BCUT2D eigenvalue weighted by atomic mass is 9.93. The van der Waals surface area contributed by atoms with Gasteiger partial charge in [-0.25, -0.2) is 0 Å². The molecule has 0 amide bonds. The van der Waals surface area contributed by atoms with Gasteiger partial charge in [0, 0.05) is 18.4 Å². The number of nitrogens with zero attached hydrogens (tertiary/aromatic N) is 1. The van der Waals surface area contributed by atoms with Crippen LogP contribution in [-0.2, 0) is 17.6 Å². The predicted octanol–water partition coefficient (Wildman–Crippen LogP) is 2.48. The Morgan fingerprint density at radius 2 is 2.19 bits per heavy atom. The van der Waals surface area contributed by atoms with Gasteiger partial charge in [0.2, 0.25) is 0 Å². The third-order valence-corrected chi connectivity index (χ3v) is 3.23. The Hall–Kier alpha value is -1.22. The summed E-state index contributed by atoms with van der Waals surface area (Å²) in [6, 6.07) is 1.99. The number of hydrogen-bond acceptors (Lipinski definition) is 3. The first-order valence-electron chi connectivity index (χ1n) is 5.77. The second-order valence-electron chi connectivity index (χ2n) is 4.27. The number of rotatable bonds is 3. The fourth-order valence-corrected chi connectivity index (χ4v) is 2.20. The van der Waals surface area contributed by atoms with Crippen LogP contribution in [0.3, 0.4) is 0 Å². The van der Waals surface area contributed by atoms with Crippen molar-refractivity contribution in [1.29, 1.82) is 0 Å². The highest BCUT2D eigenvalue weighted by atomic mass is 16.5. The van der Waals surface area contributed by atoms with Gasteiger partial charge in [0.05, 0.1) is 11.8 Å². The lowest BCUT2D eigenvalue weighted by Crippen LogP contribution is -2.12. The van der Waals surface area contributed by atoms with E-state index in [1.54, 1.807) is 7.11 Å². The molecule has 3 heteroatoms. The van der Waals surface area contributed by atoms with E-state index in [0.717, 1.165) is 30.5 Å². The molecule has 0 saturated carbocycles. The van der Waals surface area contributed by atoms with Crippen LogP contribution in [0.25, 0.3) is 0 Å². The summed E-state index contributed by atoms with van der Waals surface area (Å²) in [5, 5.41) is 0. The zero-order valence-corrected chi connectivity index (χ0v) is 9.82. The van der Waals surface area contributed by atoms with Crippen molar-refractivity contribution in [3.63, 3.8) is 0 Å². The van der Waals surface area contributed by atoms with E-state index in [4.69, 9.17) is 4.74 Å². The van der Waals surface area contributed by atoms with E-state index < -0.39 is 0 Å². The first-order valence-corrected chi connectivity index (χ1v) is 5.77. The quantitative estimate of drug-likeness (QED) is 0.733. The molecule has 1 aliphatic rings. The highest BCUT2D eigenvalue weighted by Crippen LogP contribution is 2.25. The number of hydrogen-bond donors (Lipinski definition) is 0. The average molecular weight is 219 g/mol. The summed E-state index contributed by atoms with van der Waals surface area (Å²) in [6.45, 7) is 1.92. The van der Waals surface area contributed by atoms with Crippen LogP contribution in [0.1, 0.15) is 53.2 Å². The van der Waals surface area contributed by atoms with E-state index in [1.807, 2.05) is 13.0 Å². The monoisotopic (exact) mass is 219 g/mol. The second-order valence-corrected chi connectivity index (χ2v) is 4.27. The molecule has 86 valence electrons. The van der Waals surface area contributed by atoms with Gasteiger partial charge in [-0.1, -0.05) is 0 Å². The van der Waals surface area contributed by atoms with Crippen molar-refractivity contribution in [1.82, 2.24) is 4.98 Å². The number of aryl methyl sites for hydroxylation is 2. The number of fused-ring (bicyclic) bond motifs is 1. The van der Waals surface area contributed by atoms with Crippen LogP contribution in [0.15, 0.2) is 6.07 Å². The van der Waals surface area contributed by atoms with E-state index in [0.29, 0.717) is 5.56 Å². The molecular formula is C13H17NO2. The zero-order chi connectivity index (χ0) is 11.5. The molecule has 0 aliphatic heterocycles. The van der Waals surface area contributed by atoms with Crippen molar-refractivity contribution in [2.24, 2.45) is 0 Å². The molecule has 0 spiro atoms. The van der Waals surface area contributed by atoms with Crippen LogP contribution in [0, 0.1) is 0 Å². The zero-order valence-electron chi connectivity index (χ0n) is 9.82. The van der Waals surface area contributed by atoms with Crippen molar-refractivity contribution in [2.45, 2.75) is 38.7 Å². The topological polar surface area (TPSA) is 39.2 Å². The molecule has 0 saturated heterocycles. The highest BCUT2D eigenvalue weighted by molar-refractivity contribution is 5.77. The van der Waals surface area contributed by atoms with Gasteiger partial charge in [0.1, 0.15) is 0 Å². The van der Waals surface area contributed by atoms with Crippen molar-refractivity contribution in [3.05, 3.63) is 28.6 Å². The molecule has 1 aromatic rings. The van der Waals surface area contributed by atoms with Crippen molar-refractivity contribution in [2.75, 3.05) is 7.11 Å². The van der Waals surface area contributed by atoms with Gasteiger partial charge in [-0.05, 0) is 44.2 Å². The minimum atomic E-state index is -0.118. The van der Waals surface area contributed by atoms with E-state index in [1.165, 1.54) is 18.4 Å². The minimum absolute atomic E-state index is 0.118. The van der Waals surface area contributed by atoms with Crippen molar-refractivity contribution in [3.8, 4) is 0 Å². The molecule has 0 N–H and O–H groups in total. The summed E-state index contributed by atoms with van der Waals surface area (Å²) in [7, 11) is 1.64. The fourth-order valence-electron chi connectivity index (χ4n) is 2.20. The number of carbonyl (C=O) groups is 1. The number of aldehydes is 1. The number of ether oxygens (including phenoxy) is 1. The molecule has 1 aliphatic carbocycles. The molecule has 0 fully saturated rings. The van der Waals surface area contributed by atoms with E-state index in [-0.39, 0.29) is 6.10 Å². The van der Waals surface area contributed by atoms with Gasteiger partial charge in [0.25, 0.3) is 0 Å². The number of carbonyl (C=O) groups excluding carboxylic acids is 1. The lowest BCUT2D eigenvalue weighted by Gasteiger charge is -2.19. The molecule has 1 heterocycles. The van der Waals surface area contributed by atoms with Crippen LogP contribution in [0.4, 0.5) is 0 Å².